The maximum absolute atomic E-state index is 11.6. The van der Waals surface area contributed by atoms with Gasteiger partial charge < -0.3 is 10.1 Å². The van der Waals surface area contributed by atoms with E-state index in [-0.39, 0.29) is 19.1 Å². The van der Waals surface area contributed by atoms with E-state index in [2.05, 4.69) is 21.2 Å². The van der Waals surface area contributed by atoms with Crippen LogP contribution in [0.2, 0.25) is 0 Å². The third-order valence-electron chi connectivity index (χ3n) is 2.48. The SMILES string of the molecule is O=C(CNC(=O)c1cccs1)OCc1ccccc1Br. The van der Waals surface area contributed by atoms with Gasteiger partial charge in [-0.1, -0.05) is 40.2 Å². The zero-order valence-corrected chi connectivity index (χ0v) is 12.9. The summed E-state index contributed by atoms with van der Waals surface area (Å²) in [4.78, 5) is 23.7. The second-order valence-corrected chi connectivity index (χ2v) is 5.71. The van der Waals surface area contributed by atoms with Gasteiger partial charge in [0, 0.05) is 10.0 Å². The fourth-order valence-corrected chi connectivity index (χ4v) is 2.51. The van der Waals surface area contributed by atoms with Crippen LogP contribution in [0.25, 0.3) is 0 Å². The van der Waals surface area contributed by atoms with Gasteiger partial charge in [0.25, 0.3) is 5.91 Å². The van der Waals surface area contributed by atoms with Crippen LogP contribution in [0, 0.1) is 0 Å². The summed E-state index contributed by atoms with van der Waals surface area (Å²) >= 11 is 4.70. The monoisotopic (exact) mass is 353 g/mol. The van der Waals surface area contributed by atoms with Crippen LogP contribution in [0.1, 0.15) is 15.2 Å². The van der Waals surface area contributed by atoms with Crippen molar-refractivity contribution in [3.05, 3.63) is 56.7 Å². The van der Waals surface area contributed by atoms with E-state index < -0.39 is 5.97 Å². The molecule has 104 valence electrons. The third-order valence-corrected chi connectivity index (χ3v) is 4.13. The molecule has 0 atom stereocenters. The molecular weight excluding hydrogens is 342 g/mol. The van der Waals surface area contributed by atoms with Crippen LogP contribution in [0.15, 0.2) is 46.3 Å². The Hall–Kier alpha value is -1.66. The van der Waals surface area contributed by atoms with Gasteiger partial charge in [0.05, 0.1) is 4.88 Å². The van der Waals surface area contributed by atoms with Gasteiger partial charge in [0.1, 0.15) is 13.2 Å². The fraction of sp³-hybridized carbons (Fsp3) is 0.143. The molecule has 0 fully saturated rings. The Morgan fingerprint density at radius 2 is 2.00 bits per heavy atom. The molecule has 1 N–H and O–H groups in total. The van der Waals surface area contributed by atoms with E-state index in [1.807, 2.05) is 24.3 Å². The number of ether oxygens (including phenoxy) is 1. The first-order chi connectivity index (χ1) is 9.66. The summed E-state index contributed by atoms with van der Waals surface area (Å²) < 4.78 is 5.98. The number of hydrogen-bond acceptors (Lipinski definition) is 4. The molecule has 1 aromatic carbocycles. The summed E-state index contributed by atoms with van der Waals surface area (Å²) in [6, 6.07) is 11.0. The predicted octanol–water partition coefficient (Wildman–Crippen LogP) is 2.98. The van der Waals surface area contributed by atoms with Crippen LogP contribution in [0.3, 0.4) is 0 Å². The molecule has 1 aromatic heterocycles. The highest BCUT2D eigenvalue weighted by Crippen LogP contribution is 2.16. The van der Waals surface area contributed by atoms with Gasteiger partial charge in [-0.25, -0.2) is 0 Å². The van der Waals surface area contributed by atoms with E-state index >= 15 is 0 Å². The van der Waals surface area contributed by atoms with Gasteiger partial charge >= 0.3 is 5.97 Å². The van der Waals surface area contributed by atoms with Crippen LogP contribution < -0.4 is 5.32 Å². The summed E-state index contributed by atoms with van der Waals surface area (Å²) in [5, 5.41) is 4.33. The third kappa shape index (κ3) is 4.18. The molecule has 1 heterocycles. The Morgan fingerprint density at radius 3 is 2.70 bits per heavy atom. The van der Waals surface area contributed by atoms with Crippen molar-refractivity contribution in [1.29, 1.82) is 0 Å². The fourth-order valence-electron chi connectivity index (χ4n) is 1.47. The first-order valence-corrected chi connectivity index (χ1v) is 7.55. The van der Waals surface area contributed by atoms with Crippen molar-refractivity contribution in [2.24, 2.45) is 0 Å². The highest BCUT2D eigenvalue weighted by Gasteiger charge is 2.10. The Balaban J connectivity index is 1.76. The normalized spacial score (nSPS) is 10.1. The quantitative estimate of drug-likeness (QED) is 0.840. The molecule has 0 radical (unpaired) electrons. The van der Waals surface area contributed by atoms with Crippen molar-refractivity contribution in [1.82, 2.24) is 5.32 Å². The molecule has 0 unspecified atom stereocenters. The zero-order valence-electron chi connectivity index (χ0n) is 10.5. The standard InChI is InChI=1S/C14H12BrNO3S/c15-11-5-2-1-4-10(11)9-19-13(17)8-16-14(18)12-6-3-7-20-12/h1-7H,8-9H2,(H,16,18). The van der Waals surface area contributed by atoms with Crippen LogP contribution in [-0.2, 0) is 16.1 Å². The molecule has 0 spiro atoms. The minimum Gasteiger partial charge on any atom is -0.459 e. The Bertz CT molecular complexity index is 598. The molecule has 2 aromatic rings. The second kappa shape index (κ2) is 7.21. The summed E-state index contributed by atoms with van der Waals surface area (Å²) in [7, 11) is 0. The van der Waals surface area contributed by atoms with E-state index in [4.69, 9.17) is 4.74 Å². The highest BCUT2D eigenvalue weighted by atomic mass is 79.9. The lowest BCUT2D eigenvalue weighted by Gasteiger charge is -2.07. The van der Waals surface area contributed by atoms with E-state index in [1.165, 1.54) is 11.3 Å². The Labute approximate surface area is 128 Å². The molecule has 6 heteroatoms. The van der Waals surface area contributed by atoms with Crippen LogP contribution in [0.4, 0.5) is 0 Å². The smallest absolute Gasteiger partial charge is 0.325 e. The molecule has 2 rings (SSSR count). The lowest BCUT2D eigenvalue weighted by atomic mass is 10.2. The number of carbonyl (C=O) groups is 2. The summed E-state index contributed by atoms with van der Waals surface area (Å²) in [6.07, 6.45) is 0. The molecule has 0 saturated carbocycles. The van der Waals surface area contributed by atoms with Crippen LogP contribution in [0.5, 0.6) is 0 Å². The van der Waals surface area contributed by atoms with E-state index in [9.17, 15) is 9.59 Å². The van der Waals surface area contributed by atoms with Gasteiger partial charge in [-0.2, -0.15) is 0 Å². The molecule has 4 nitrogen and oxygen atoms in total. The second-order valence-electron chi connectivity index (χ2n) is 3.91. The Kier molecular flexibility index (Phi) is 5.31. The minimum atomic E-state index is -0.467. The number of nitrogens with one attached hydrogen (secondary N) is 1. The van der Waals surface area contributed by atoms with Gasteiger partial charge in [-0.05, 0) is 17.5 Å². The number of hydrogen-bond donors (Lipinski definition) is 1. The van der Waals surface area contributed by atoms with Crippen molar-refractivity contribution >= 4 is 39.1 Å². The number of carbonyl (C=O) groups excluding carboxylic acids is 2. The first-order valence-electron chi connectivity index (χ1n) is 5.87. The first kappa shape index (κ1) is 14.7. The Morgan fingerprint density at radius 1 is 1.20 bits per heavy atom. The number of thiophene rings is 1. The lowest BCUT2D eigenvalue weighted by Crippen LogP contribution is -2.30. The molecule has 20 heavy (non-hydrogen) atoms. The van der Waals surface area contributed by atoms with Gasteiger partial charge in [0.2, 0.25) is 0 Å². The minimum absolute atomic E-state index is 0.138. The van der Waals surface area contributed by atoms with Crippen molar-refractivity contribution < 1.29 is 14.3 Å². The summed E-state index contributed by atoms with van der Waals surface area (Å²) in [6.45, 7) is 0.0380. The average Bonchev–Trinajstić information content (AvgIpc) is 2.98. The molecule has 0 bridgehead atoms. The highest BCUT2D eigenvalue weighted by molar-refractivity contribution is 9.10. The maximum atomic E-state index is 11.6. The largest absolute Gasteiger partial charge is 0.459 e. The lowest BCUT2D eigenvalue weighted by molar-refractivity contribution is -0.143. The van der Waals surface area contributed by atoms with Gasteiger partial charge in [-0.15, -0.1) is 11.3 Å². The van der Waals surface area contributed by atoms with E-state index in [0.29, 0.717) is 4.88 Å². The van der Waals surface area contributed by atoms with Gasteiger partial charge in [0.15, 0.2) is 0 Å². The van der Waals surface area contributed by atoms with Crippen molar-refractivity contribution in [2.45, 2.75) is 6.61 Å². The van der Waals surface area contributed by atoms with E-state index in [1.54, 1.807) is 17.5 Å². The number of rotatable bonds is 5. The average molecular weight is 354 g/mol. The maximum Gasteiger partial charge on any atom is 0.325 e. The molecule has 0 aliphatic heterocycles. The van der Waals surface area contributed by atoms with Crippen molar-refractivity contribution in [3.63, 3.8) is 0 Å². The molecular formula is C14H12BrNO3S. The number of halogens is 1. The topological polar surface area (TPSA) is 55.4 Å². The predicted molar refractivity (Wildman–Crippen MR) is 80.6 cm³/mol. The molecule has 0 saturated heterocycles. The molecule has 0 aliphatic rings. The van der Waals surface area contributed by atoms with Crippen LogP contribution >= 0.6 is 27.3 Å². The summed E-state index contributed by atoms with van der Waals surface area (Å²) in [5.41, 5.74) is 0.880. The van der Waals surface area contributed by atoms with Crippen molar-refractivity contribution in [2.75, 3.05) is 6.54 Å². The number of amides is 1. The summed E-state index contributed by atoms with van der Waals surface area (Å²) in [5.74, 6) is -0.733. The number of esters is 1. The zero-order chi connectivity index (χ0) is 14.4. The molecule has 0 aliphatic carbocycles. The van der Waals surface area contributed by atoms with Crippen molar-refractivity contribution in [3.8, 4) is 0 Å². The van der Waals surface area contributed by atoms with Gasteiger partial charge in [-0.3, -0.25) is 9.59 Å². The van der Waals surface area contributed by atoms with E-state index in [0.717, 1.165) is 10.0 Å². The molecule has 1 amide bonds. The van der Waals surface area contributed by atoms with Crippen LogP contribution in [-0.4, -0.2) is 18.4 Å². The number of benzene rings is 1.